The Morgan fingerprint density at radius 1 is 1.03 bits per heavy atom. The van der Waals surface area contributed by atoms with Gasteiger partial charge < -0.3 is 9.88 Å². The van der Waals surface area contributed by atoms with Crippen molar-refractivity contribution in [2.75, 3.05) is 6.54 Å². The topological polar surface area (TPSA) is 53.1 Å². The second kappa shape index (κ2) is 8.26. The van der Waals surface area contributed by atoms with Crippen molar-refractivity contribution < 1.29 is 0 Å². The van der Waals surface area contributed by atoms with Gasteiger partial charge in [0.2, 0.25) is 0 Å². The quantitative estimate of drug-likeness (QED) is 0.553. The summed E-state index contributed by atoms with van der Waals surface area (Å²) in [6.45, 7) is 0.844. The molecule has 3 aliphatic rings. The van der Waals surface area contributed by atoms with E-state index in [0.717, 1.165) is 37.2 Å². The summed E-state index contributed by atoms with van der Waals surface area (Å²) in [6, 6.07) is 20.1. The predicted molar refractivity (Wildman–Crippen MR) is 135 cm³/mol. The minimum absolute atomic E-state index is 0.0117. The van der Waals surface area contributed by atoms with Crippen LogP contribution in [0.2, 0.25) is 0 Å². The first kappa shape index (κ1) is 19.8. The highest BCUT2D eigenvalue weighted by molar-refractivity contribution is 6.10. The van der Waals surface area contributed by atoms with E-state index in [4.69, 9.17) is 4.99 Å². The lowest BCUT2D eigenvalue weighted by atomic mass is 9.92. The third-order valence-corrected chi connectivity index (χ3v) is 6.96. The van der Waals surface area contributed by atoms with Crippen LogP contribution in [-0.4, -0.2) is 22.9 Å². The molecule has 0 saturated heterocycles. The van der Waals surface area contributed by atoms with Crippen LogP contribution in [0.1, 0.15) is 25.3 Å². The molecule has 0 bridgehead atoms. The molecule has 1 aromatic heterocycles. The highest BCUT2D eigenvalue weighted by atomic mass is 15.0. The Balaban J connectivity index is 1.34. The molecule has 1 N–H and O–H groups in total. The molecule has 1 aliphatic carbocycles. The summed E-state index contributed by atoms with van der Waals surface area (Å²) in [5, 5.41) is 15.4. The number of allylic oxidation sites excluding steroid dienone is 6. The van der Waals surface area contributed by atoms with E-state index in [1.165, 1.54) is 27.4 Å². The van der Waals surface area contributed by atoms with E-state index in [-0.39, 0.29) is 18.0 Å². The number of fused-ring (bicyclic) bond motifs is 3. The van der Waals surface area contributed by atoms with Crippen LogP contribution in [0, 0.1) is 17.2 Å². The number of nitrogens with zero attached hydrogens (tertiary/aromatic N) is 3. The Morgan fingerprint density at radius 2 is 1.79 bits per heavy atom. The second-order valence-corrected chi connectivity index (χ2v) is 8.99. The van der Waals surface area contributed by atoms with Crippen molar-refractivity contribution in [3.63, 3.8) is 0 Å². The number of para-hydroxylation sites is 2. The van der Waals surface area contributed by atoms with Crippen molar-refractivity contribution >= 4 is 27.5 Å². The molecule has 4 heteroatoms. The molecule has 0 spiro atoms. The lowest BCUT2D eigenvalue weighted by Crippen LogP contribution is -2.31. The van der Waals surface area contributed by atoms with Gasteiger partial charge in [-0.2, -0.15) is 5.26 Å². The fraction of sp³-hybridized carbons (Fsp3) is 0.241. The van der Waals surface area contributed by atoms with Gasteiger partial charge in [-0.25, -0.2) is 0 Å². The molecular formula is C29H26N4. The number of aromatic nitrogens is 1. The number of hydrogen-bond donors (Lipinski definition) is 1. The first-order valence-electron chi connectivity index (χ1n) is 11.8. The standard InChI is InChI=1S/C29H26N4/c30-19-20-15-16-31-27(17-20)26-12-6-11-25(32-26)21-7-5-8-22(18-21)33-28-13-3-1-9-23(28)24-10-2-4-14-29(24)33/h1-11,13-14,17,20,22,26,31H,12,15-16,18H2. The third-order valence-electron chi connectivity index (χ3n) is 6.96. The van der Waals surface area contributed by atoms with Crippen LogP contribution in [0.15, 0.2) is 101 Å². The summed E-state index contributed by atoms with van der Waals surface area (Å²) in [5.74, 6) is -0.0117. The molecule has 3 heterocycles. The minimum atomic E-state index is -0.0117. The molecular weight excluding hydrogens is 404 g/mol. The number of nitriles is 1. The molecule has 0 radical (unpaired) electrons. The zero-order valence-electron chi connectivity index (χ0n) is 18.5. The number of hydrogen-bond acceptors (Lipinski definition) is 3. The summed E-state index contributed by atoms with van der Waals surface area (Å²) < 4.78 is 2.47. The van der Waals surface area contributed by atoms with E-state index in [2.05, 4.69) is 101 Å². The van der Waals surface area contributed by atoms with Crippen LogP contribution < -0.4 is 5.32 Å². The van der Waals surface area contributed by atoms with E-state index in [0.29, 0.717) is 0 Å². The summed E-state index contributed by atoms with van der Waals surface area (Å²) in [5.41, 5.74) is 5.96. The largest absolute Gasteiger partial charge is 0.387 e. The Morgan fingerprint density at radius 3 is 2.55 bits per heavy atom. The minimum Gasteiger partial charge on any atom is -0.387 e. The van der Waals surface area contributed by atoms with Gasteiger partial charge in [-0.15, -0.1) is 0 Å². The molecule has 6 rings (SSSR count). The van der Waals surface area contributed by atoms with Crippen LogP contribution in [0.5, 0.6) is 0 Å². The van der Waals surface area contributed by atoms with Gasteiger partial charge in [0.25, 0.3) is 0 Å². The Kier molecular flexibility index (Phi) is 4.96. The first-order valence-corrected chi connectivity index (χ1v) is 11.8. The molecule has 0 saturated carbocycles. The molecule has 2 aliphatic heterocycles. The van der Waals surface area contributed by atoms with Gasteiger partial charge >= 0.3 is 0 Å². The van der Waals surface area contributed by atoms with E-state index >= 15 is 0 Å². The third kappa shape index (κ3) is 3.50. The SMILES string of the molecule is N#CC1C=C(C2CC=CC(C3=CC=CC(n4c5ccccc5c5ccccc54)C3)=N2)NCC1. The van der Waals surface area contributed by atoms with Crippen molar-refractivity contribution in [1.29, 1.82) is 5.26 Å². The molecule has 2 aromatic carbocycles. The highest BCUT2D eigenvalue weighted by Gasteiger charge is 2.24. The lowest BCUT2D eigenvalue weighted by molar-refractivity contribution is 0.569. The molecule has 33 heavy (non-hydrogen) atoms. The van der Waals surface area contributed by atoms with E-state index in [9.17, 15) is 5.26 Å². The fourth-order valence-corrected chi connectivity index (χ4v) is 5.36. The molecule has 3 aromatic rings. The number of rotatable bonds is 3. The Bertz CT molecular complexity index is 1370. The molecule has 0 amide bonds. The molecule has 162 valence electrons. The summed E-state index contributed by atoms with van der Waals surface area (Å²) >= 11 is 0. The second-order valence-electron chi connectivity index (χ2n) is 8.99. The number of nitrogens with one attached hydrogen (secondary N) is 1. The zero-order chi connectivity index (χ0) is 22.2. The van der Waals surface area contributed by atoms with E-state index < -0.39 is 0 Å². The molecule has 3 atom stereocenters. The zero-order valence-corrected chi connectivity index (χ0v) is 18.5. The number of aliphatic imine (C=N–C) groups is 1. The molecule has 4 nitrogen and oxygen atoms in total. The lowest BCUT2D eigenvalue weighted by Gasteiger charge is -2.27. The normalized spacial score (nSPS) is 24.7. The van der Waals surface area contributed by atoms with Gasteiger partial charge in [-0.1, -0.05) is 60.7 Å². The average Bonchev–Trinajstić information content (AvgIpc) is 3.23. The number of dihydropyridines is 1. The van der Waals surface area contributed by atoms with Crippen LogP contribution in [0.4, 0.5) is 0 Å². The Labute approximate surface area is 193 Å². The highest BCUT2D eigenvalue weighted by Crippen LogP contribution is 2.36. The smallest absolute Gasteiger partial charge is 0.0932 e. The predicted octanol–water partition coefficient (Wildman–Crippen LogP) is 6.01. The van der Waals surface area contributed by atoms with E-state index in [1.807, 2.05) is 0 Å². The van der Waals surface area contributed by atoms with Gasteiger partial charge in [-0.05, 0) is 49.1 Å². The summed E-state index contributed by atoms with van der Waals surface area (Å²) in [4.78, 5) is 5.12. The average molecular weight is 431 g/mol. The van der Waals surface area contributed by atoms with E-state index in [1.54, 1.807) is 0 Å². The van der Waals surface area contributed by atoms with Crippen molar-refractivity contribution in [1.82, 2.24) is 9.88 Å². The fourth-order valence-electron chi connectivity index (χ4n) is 5.36. The van der Waals surface area contributed by atoms with Gasteiger partial charge in [0.1, 0.15) is 0 Å². The maximum atomic E-state index is 9.34. The van der Waals surface area contributed by atoms with Gasteiger partial charge in [-0.3, -0.25) is 4.99 Å². The first-order chi connectivity index (χ1) is 16.3. The summed E-state index contributed by atoms with van der Waals surface area (Å²) in [7, 11) is 0. The van der Waals surface area contributed by atoms with Gasteiger partial charge in [0.15, 0.2) is 0 Å². The monoisotopic (exact) mass is 430 g/mol. The van der Waals surface area contributed by atoms with Gasteiger partial charge in [0.05, 0.1) is 29.8 Å². The van der Waals surface area contributed by atoms with Crippen molar-refractivity contribution in [2.24, 2.45) is 10.9 Å². The molecule has 3 unspecified atom stereocenters. The van der Waals surface area contributed by atoms with Crippen molar-refractivity contribution in [3.05, 3.63) is 96.3 Å². The van der Waals surface area contributed by atoms with Crippen LogP contribution in [-0.2, 0) is 0 Å². The maximum absolute atomic E-state index is 9.34. The van der Waals surface area contributed by atoms with Gasteiger partial charge in [0, 0.05) is 34.0 Å². The Hall–Kier alpha value is -3.84. The van der Waals surface area contributed by atoms with Crippen LogP contribution in [0.25, 0.3) is 21.8 Å². The van der Waals surface area contributed by atoms with Crippen LogP contribution >= 0.6 is 0 Å². The summed E-state index contributed by atoms with van der Waals surface area (Å²) in [6.07, 6.45) is 15.8. The maximum Gasteiger partial charge on any atom is 0.0932 e. The number of benzene rings is 2. The van der Waals surface area contributed by atoms with Crippen LogP contribution in [0.3, 0.4) is 0 Å². The molecule has 0 fully saturated rings. The van der Waals surface area contributed by atoms with Crippen molar-refractivity contribution in [2.45, 2.75) is 31.3 Å². The van der Waals surface area contributed by atoms with Crippen molar-refractivity contribution in [3.8, 4) is 6.07 Å².